The highest BCUT2D eigenvalue weighted by Crippen LogP contribution is 2.28. The number of benzene rings is 1. The molecular formula is C12H16F2O. The number of halogens is 2. The first-order chi connectivity index (χ1) is 6.99. The Kier molecular flexibility index (Phi) is 3.80. The van der Waals surface area contributed by atoms with Gasteiger partial charge in [-0.15, -0.1) is 0 Å². The predicted octanol–water partition coefficient (Wildman–Crippen LogP) is 3.28. The molecule has 0 fully saturated rings. The van der Waals surface area contributed by atoms with E-state index in [4.69, 9.17) is 5.11 Å². The zero-order chi connectivity index (χ0) is 11.5. The number of hydrogen-bond acceptors (Lipinski definition) is 1. The van der Waals surface area contributed by atoms with Crippen LogP contribution in [0.5, 0.6) is 0 Å². The van der Waals surface area contributed by atoms with Gasteiger partial charge in [-0.3, -0.25) is 0 Å². The molecule has 1 N–H and O–H groups in total. The molecule has 0 heterocycles. The summed E-state index contributed by atoms with van der Waals surface area (Å²) >= 11 is 0. The van der Waals surface area contributed by atoms with E-state index < -0.39 is 5.92 Å². The minimum atomic E-state index is -2.79. The molecular weight excluding hydrogens is 198 g/mol. The van der Waals surface area contributed by atoms with Crippen LogP contribution in [0.3, 0.4) is 0 Å². The Morgan fingerprint density at radius 1 is 1.27 bits per heavy atom. The summed E-state index contributed by atoms with van der Waals surface area (Å²) in [6.07, 6.45) is 0.804. The number of alkyl halides is 2. The molecule has 0 aliphatic heterocycles. The second-order valence-corrected chi connectivity index (χ2v) is 3.80. The van der Waals surface area contributed by atoms with Crippen LogP contribution in [0.15, 0.2) is 24.3 Å². The van der Waals surface area contributed by atoms with Gasteiger partial charge in [-0.25, -0.2) is 8.78 Å². The highest BCUT2D eigenvalue weighted by atomic mass is 19.3. The Bertz CT molecular complexity index is 296. The zero-order valence-electron chi connectivity index (χ0n) is 9.00. The number of hydrogen-bond donors (Lipinski definition) is 1. The van der Waals surface area contributed by atoms with Crippen molar-refractivity contribution in [3.05, 3.63) is 35.4 Å². The second kappa shape index (κ2) is 4.71. The Balaban J connectivity index is 2.89. The van der Waals surface area contributed by atoms with E-state index in [0.717, 1.165) is 18.9 Å². The van der Waals surface area contributed by atoms with Gasteiger partial charge in [-0.1, -0.05) is 31.2 Å². The topological polar surface area (TPSA) is 20.2 Å². The fourth-order valence-corrected chi connectivity index (χ4v) is 1.52. The third kappa shape index (κ3) is 2.99. The minimum Gasteiger partial charge on any atom is -0.396 e. The van der Waals surface area contributed by atoms with Gasteiger partial charge in [0.1, 0.15) is 0 Å². The first-order valence-corrected chi connectivity index (χ1v) is 5.08. The maximum absolute atomic E-state index is 12.9. The van der Waals surface area contributed by atoms with Gasteiger partial charge in [0.15, 0.2) is 0 Å². The Labute approximate surface area is 88.7 Å². The van der Waals surface area contributed by atoms with Gasteiger partial charge in [0, 0.05) is 25.0 Å². The van der Waals surface area contributed by atoms with Gasteiger partial charge in [0.2, 0.25) is 0 Å². The van der Waals surface area contributed by atoms with Crippen LogP contribution < -0.4 is 0 Å². The fourth-order valence-electron chi connectivity index (χ4n) is 1.52. The molecule has 84 valence electrons. The summed E-state index contributed by atoms with van der Waals surface area (Å²) in [7, 11) is 0. The molecule has 15 heavy (non-hydrogen) atoms. The van der Waals surface area contributed by atoms with E-state index in [9.17, 15) is 8.78 Å². The van der Waals surface area contributed by atoms with Crippen molar-refractivity contribution >= 4 is 0 Å². The average molecular weight is 214 g/mol. The molecule has 1 aromatic carbocycles. The summed E-state index contributed by atoms with van der Waals surface area (Å²) in [4.78, 5) is 0. The van der Waals surface area contributed by atoms with Gasteiger partial charge in [-0.2, -0.15) is 0 Å². The van der Waals surface area contributed by atoms with Crippen molar-refractivity contribution in [3.8, 4) is 0 Å². The standard InChI is InChI=1S/C12H16F2O/c1-3-9(8-15)10-4-6-11(7-5-10)12(2,13)14/h4-7,9,15H,3,8H2,1-2H3. The highest BCUT2D eigenvalue weighted by molar-refractivity contribution is 5.27. The molecule has 0 radical (unpaired) electrons. The predicted molar refractivity (Wildman–Crippen MR) is 56.1 cm³/mol. The lowest BCUT2D eigenvalue weighted by Crippen LogP contribution is -2.08. The summed E-state index contributed by atoms with van der Waals surface area (Å²) in [5.74, 6) is -2.75. The van der Waals surface area contributed by atoms with Crippen molar-refractivity contribution in [1.29, 1.82) is 0 Å². The fraction of sp³-hybridized carbons (Fsp3) is 0.500. The number of aliphatic hydroxyl groups is 1. The summed E-state index contributed by atoms with van der Waals surface area (Å²) < 4.78 is 25.8. The molecule has 0 aliphatic rings. The van der Waals surface area contributed by atoms with Gasteiger partial charge >= 0.3 is 0 Å². The van der Waals surface area contributed by atoms with E-state index in [2.05, 4.69) is 0 Å². The van der Waals surface area contributed by atoms with Gasteiger partial charge < -0.3 is 5.11 Å². The van der Waals surface area contributed by atoms with Gasteiger partial charge in [0.05, 0.1) is 0 Å². The van der Waals surface area contributed by atoms with Crippen LogP contribution in [0.1, 0.15) is 37.3 Å². The van der Waals surface area contributed by atoms with Crippen LogP contribution in [0.4, 0.5) is 8.78 Å². The Morgan fingerprint density at radius 3 is 2.13 bits per heavy atom. The van der Waals surface area contributed by atoms with Crippen LogP contribution in [-0.4, -0.2) is 11.7 Å². The molecule has 1 atom stereocenters. The molecule has 0 aliphatic carbocycles. The zero-order valence-corrected chi connectivity index (χ0v) is 9.00. The lowest BCUT2D eigenvalue weighted by molar-refractivity contribution is 0.0174. The number of aliphatic hydroxyl groups excluding tert-OH is 1. The smallest absolute Gasteiger partial charge is 0.270 e. The molecule has 3 heteroatoms. The van der Waals surface area contributed by atoms with E-state index in [0.29, 0.717) is 0 Å². The monoisotopic (exact) mass is 214 g/mol. The summed E-state index contributed by atoms with van der Waals surface area (Å²) in [5.41, 5.74) is 0.923. The largest absolute Gasteiger partial charge is 0.396 e. The maximum atomic E-state index is 12.9. The summed E-state index contributed by atoms with van der Waals surface area (Å²) in [5, 5.41) is 9.06. The minimum absolute atomic E-state index is 0.0130. The molecule has 0 amide bonds. The van der Waals surface area contributed by atoms with Crippen molar-refractivity contribution in [3.63, 3.8) is 0 Å². The van der Waals surface area contributed by atoms with Gasteiger partial charge in [0.25, 0.3) is 5.92 Å². The van der Waals surface area contributed by atoms with Crippen molar-refractivity contribution < 1.29 is 13.9 Å². The Hall–Kier alpha value is -0.960. The Morgan fingerprint density at radius 2 is 1.80 bits per heavy atom. The molecule has 1 rings (SSSR count). The third-order valence-electron chi connectivity index (χ3n) is 2.60. The lowest BCUT2D eigenvalue weighted by atomic mass is 9.95. The van der Waals surface area contributed by atoms with Crippen molar-refractivity contribution in [2.75, 3.05) is 6.61 Å². The van der Waals surface area contributed by atoms with Crippen LogP contribution in [-0.2, 0) is 5.92 Å². The molecule has 1 nitrogen and oxygen atoms in total. The third-order valence-corrected chi connectivity index (χ3v) is 2.60. The first kappa shape index (κ1) is 12.1. The van der Waals surface area contributed by atoms with E-state index in [1.807, 2.05) is 6.92 Å². The van der Waals surface area contributed by atoms with E-state index in [-0.39, 0.29) is 18.1 Å². The van der Waals surface area contributed by atoms with Gasteiger partial charge in [-0.05, 0) is 12.0 Å². The molecule has 1 aromatic rings. The van der Waals surface area contributed by atoms with E-state index in [1.54, 1.807) is 12.1 Å². The van der Waals surface area contributed by atoms with E-state index in [1.165, 1.54) is 12.1 Å². The summed E-state index contributed by atoms with van der Waals surface area (Å²) in [6.45, 7) is 2.90. The van der Waals surface area contributed by atoms with Crippen molar-refractivity contribution in [1.82, 2.24) is 0 Å². The lowest BCUT2D eigenvalue weighted by Gasteiger charge is -2.14. The second-order valence-electron chi connectivity index (χ2n) is 3.80. The number of rotatable bonds is 4. The maximum Gasteiger partial charge on any atom is 0.270 e. The van der Waals surface area contributed by atoms with Crippen LogP contribution in [0.2, 0.25) is 0 Å². The quantitative estimate of drug-likeness (QED) is 0.815. The van der Waals surface area contributed by atoms with Crippen LogP contribution in [0, 0.1) is 0 Å². The van der Waals surface area contributed by atoms with Crippen molar-refractivity contribution in [2.24, 2.45) is 0 Å². The van der Waals surface area contributed by atoms with E-state index >= 15 is 0 Å². The van der Waals surface area contributed by atoms with Crippen LogP contribution >= 0.6 is 0 Å². The average Bonchev–Trinajstić information content (AvgIpc) is 2.19. The highest BCUT2D eigenvalue weighted by Gasteiger charge is 2.23. The normalized spacial score (nSPS) is 13.9. The molecule has 0 spiro atoms. The molecule has 0 saturated heterocycles. The molecule has 0 bridgehead atoms. The molecule has 0 saturated carbocycles. The van der Waals surface area contributed by atoms with Crippen LogP contribution in [0.25, 0.3) is 0 Å². The molecule has 1 unspecified atom stereocenters. The SMILES string of the molecule is CCC(CO)c1ccc(C(C)(F)F)cc1. The molecule has 0 aromatic heterocycles. The summed E-state index contributed by atoms with van der Waals surface area (Å²) in [6, 6.07) is 6.18. The van der Waals surface area contributed by atoms with Crippen molar-refractivity contribution in [2.45, 2.75) is 32.1 Å². The first-order valence-electron chi connectivity index (χ1n) is 5.08.